The van der Waals surface area contributed by atoms with Crippen molar-refractivity contribution in [3.63, 3.8) is 0 Å². The number of nitrogens with one attached hydrogen (secondary N) is 2. The molecule has 1 saturated heterocycles. The Kier molecular flexibility index (Phi) is 5.83. The zero-order valence-corrected chi connectivity index (χ0v) is 12.3. The Morgan fingerprint density at radius 3 is 2.70 bits per heavy atom. The fraction of sp³-hybridized carbons (Fsp3) is 0.867. The van der Waals surface area contributed by atoms with Crippen LogP contribution in [-0.4, -0.2) is 37.6 Å². The summed E-state index contributed by atoms with van der Waals surface area (Å²) in [6.45, 7) is 3.92. The summed E-state index contributed by atoms with van der Waals surface area (Å²) in [6, 6.07) is 0.113. The maximum Gasteiger partial charge on any atom is 0.309 e. The van der Waals surface area contributed by atoms with Crippen molar-refractivity contribution in [2.45, 2.75) is 51.5 Å². The highest BCUT2D eigenvalue weighted by molar-refractivity contribution is 5.82. The van der Waals surface area contributed by atoms with Gasteiger partial charge in [0.15, 0.2) is 0 Å². The lowest BCUT2D eigenvalue weighted by atomic mass is 10.0. The molecule has 1 saturated carbocycles. The highest BCUT2D eigenvalue weighted by atomic mass is 16.5. The normalized spacial score (nSPS) is 31.9. The van der Waals surface area contributed by atoms with Crippen LogP contribution in [0.3, 0.4) is 0 Å². The number of carbonyl (C=O) groups is 2. The van der Waals surface area contributed by atoms with Gasteiger partial charge in [-0.25, -0.2) is 0 Å². The van der Waals surface area contributed by atoms with Crippen molar-refractivity contribution in [1.29, 1.82) is 0 Å². The van der Waals surface area contributed by atoms with Crippen LogP contribution in [0.2, 0.25) is 0 Å². The lowest BCUT2D eigenvalue weighted by Crippen LogP contribution is -2.41. The molecule has 3 atom stereocenters. The molecule has 1 aliphatic heterocycles. The summed E-state index contributed by atoms with van der Waals surface area (Å²) >= 11 is 0. The molecule has 2 aliphatic rings. The standard InChI is InChI=1S/C15H26N2O3/c1-2-20-15(19)11-9-12-13(10-11)16-7-5-3-4-6-8-17-14(12)18/h11-13,16H,2-10H2,1H3,(H,17,18). The van der Waals surface area contributed by atoms with Crippen molar-refractivity contribution in [2.24, 2.45) is 11.8 Å². The Morgan fingerprint density at radius 1 is 1.20 bits per heavy atom. The molecule has 114 valence electrons. The van der Waals surface area contributed by atoms with Crippen molar-refractivity contribution < 1.29 is 14.3 Å². The van der Waals surface area contributed by atoms with Gasteiger partial charge in [-0.15, -0.1) is 0 Å². The van der Waals surface area contributed by atoms with Crippen LogP contribution < -0.4 is 10.6 Å². The maximum atomic E-state index is 12.2. The molecule has 20 heavy (non-hydrogen) atoms. The molecule has 0 aromatic carbocycles. The molecule has 1 heterocycles. The molecule has 1 aliphatic carbocycles. The SMILES string of the molecule is CCOC(=O)C1CC2NCCCCCCNC(=O)C2C1. The first-order valence-electron chi connectivity index (χ1n) is 7.90. The van der Waals surface area contributed by atoms with Crippen LogP contribution >= 0.6 is 0 Å². The van der Waals surface area contributed by atoms with Crippen molar-refractivity contribution in [1.82, 2.24) is 10.6 Å². The summed E-state index contributed by atoms with van der Waals surface area (Å²) in [7, 11) is 0. The molecule has 2 fully saturated rings. The van der Waals surface area contributed by atoms with E-state index in [9.17, 15) is 9.59 Å². The van der Waals surface area contributed by atoms with Crippen LogP contribution in [0.4, 0.5) is 0 Å². The zero-order chi connectivity index (χ0) is 14.4. The van der Waals surface area contributed by atoms with Crippen LogP contribution in [0.1, 0.15) is 45.4 Å². The van der Waals surface area contributed by atoms with Crippen LogP contribution in [0, 0.1) is 11.8 Å². The van der Waals surface area contributed by atoms with E-state index in [4.69, 9.17) is 4.74 Å². The van der Waals surface area contributed by atoms with E-state index in [2.05, 4.69) is 10.6 Å². The highest BCUT2D eigenvalue weighted by Crippen LogP contribution is 2.32. The van der Waals surface area contributed by atoms with Crippen LogP contribution in [0.5, 0.6) is 0 Å². The van der Waals surface area contributed by atoms with E-state index in [1.165, 1.54) is 12.8 Å². The molecule has 0 aromatic heterocycles. The van der Waals surface area contributed by atoms with Gasteiger partial charge >= 0.3 is 5.97 Å². The Morgan fingerprint density at radius 2 is 1.95 bits per heavy atom. The van der Waals surface area contributed by atoms with Crippen LogP contribution in [0.25, 0.3) is 0 Å². The number of ether oxygens (including phenoxy) is 1. The van der Waals surface area contributed by atoms with Gasteiger partial charge in [-0.3, -0.25) is 9.59 Å². The first-order valence-corrected chi connectivity index (χ1v) is 7.90. The lowest BCUT2D eigenvalue weighted by molar-refractivity contribution is -0.147. The Labute approximate surface area is 120 Å². The Bertz CT molecular complexity index is 346. The fourth-order valence-electron chi connectivity index (χ4n) is 3.24. The molecule has 3 unspecified atom stereocenters. The number of hydrogen-bond donors (Lipinski definition) is 2. The smallest absolute Gasteiger partial charge is 0.309 e. The number of amides is 1. The Balaban J connectivity index is 1.98. The van der Waals surface area contributed by atoms with Gasteiger partial charge in [0.05, 0.1) is 18.4 Å². The molecule has 1 amide bonds. The molecular weight excluding hydrogens is 256 g/mol. The first kappa shape index (κ1) is 15.3. The van der Waals surface area contributed by atoms with Gasteiger partial charge < -0.3 is 15.4 Å². The average Bonchev–Trinajstić information content (AvgIpc) is 2.84. The van der Waals surface area contributed by atoms with Gasteiger partial charge in [-0.05, 0) is 39.2 Å². The first-order chi connectivity index (χ1) is 9.72. The minimum absolute atomic E-state index is 0.0937. The number of carbonyl (C=O) groups excluding carboxylic acids is 2. The van der Waals surface area contributed by atoms with Crippen LogP contribution in [0.15, 0.2) is 0 Å². The minimum Gasteiger partial charge on any atom is -0.466 e. The molecule has 0 spiro atoms. The second-order valence-corrected chi connectivity index (χ2v) is 5.79. The molecule has 5 nitrogen and oxygen atoms in total. The number of fused-ring (bicyclic) bond motifs is 1. The summed E-state index contributed by atoms with van der Waals surface area (Å²) in [5.74, 6) is -0.286. The molecular formula is C15H26N2O3. The number of hydrogen-bond acceptors (Lipinski definition) is 4. The third kappa shape index (κ3) is 3.95. The predicted molar refractivity (Wildman–Crippen MR) is 76.1 cm³/mol. The monoisotopic (exact) mass is 282 g/mol. The van der Waals surface area contributed by atoms with Crippen molar-refractivity contribution >= 4 is 11.9 Å². The molecule has 2 N–H and O–H groups in total. The van der Waals surface area contributed by atoms with Crippen molar-refractivity contribution in [3.05, 3.63) is 0 Å². The topological polar surface area (TPSA) is 67.4 Å². The largest absolute Gasteiger partial charge is 0.466 e. The summed E-state index contributed by atoms with van der Waals surface area (Å²) in [5.41, 5.74) is 0. The van der Waals surface area contributed by atoms with E-state index in [0.29, 0.717) is 13.0 Å². The molecule has 0 aromatic rings. The molecule has 0 radical (unpaired) electrons. The molecule has 5 heteroatoms. The highest BCUT2D eigenvalue weighted by Gasteiger charge is 2.41. The van der Waals surface area contributed by atoms with E-state index in [1.807, 2.05) is 6.92 Å². The van der Waals surface area contributed by atoms with Crippen molar-refractivity contribution in [3.8, 4) is 0 Å². The van der Waals surface area contributed by atoms with Crippen LogP contribution in [-0.2, 0) is 14.3 Å². The second kappa shape index (κ2) is 7.62. The van der Waals surface area contributed by atoms with E-state index >= 15 is 0 Å². The number of esters is 1. The molecule has 0 bridgehead atoms. The summed E-state index contributed by atoms with van der Waals surface area (Å²) in [5, 5.41) is 6.48. The molecule has 2 rings (SSSR count). The van der Waals surface area contributed by atoms with E-state index < -0.39 is 0 Å². The maximum absolute atomic E-state index is 12.2. The fourth-order valence-corrected chi connectivity index (χ4v) is 3.24. The second-order valence-electron chi connectivity index (χ2n) is 5.79. The third-order valence-electron chi connectivity index (χ3n) is 4.33. The van der Waals surface area contributed by atoms with Gasteiger partial charge in [-0.2, -0.15) is 0 Å². The van der Waals surface area contributed by atoms with Gasteiger partial charge in [0.2, 0.25) is 5.91 Å². The average molecular weight is 282 g/mol. The quantitative estimate of drug-likeness (QED) is 0.747. The Hall–Kier alpha value is -1.10. The van der Waals surface area contributed by atoms with Gasteiger partial charge in [0, 0.05) is 12.6 Å². The summed E-state index contributed by atoms with van der Waals surface area (Å²) in [6.07, 6.45) is 5.88. The van der Waals surface area contributed by atoms with E-state index in [1.54, 1.807) is 0 Å². The van der Waals surface area contributed by atoms with E-state index in [0.717, 1.165) is 32.4 Å². The number of rotatable bonds is 2. The third-order valence-corrected chi connectivity index (χ3v) is 4.33. The summed E-state index contributed by atoms with van der Waals surface area (Å²) < 4.78 is 5.10. The summed E-state index contributed by atoms with van der Waals surface area (Å²) in [4.78, 5) is 24.1. The van der Waals surface area contributed by atoms with Gasteiger partial charge in [0.1, 0.15) is 0 Å². The lowest BCUT2D eigenvalue weighted by Gasteiger charge is -2.19. The van der Waals surface area contributed by atoms with E-state index in [-0.39, 0.29) is 29.8 Å². The minimum atomic E-state index is -0.151. The van der Waals surface area contributed by atoms with Gasteiger partial charge in [0.25, 0.3) is 0 Å². The van der Waals surface area contributed by atoms with Crippen molar-refractivity contribution in [2.75, 3.05) is 19.7 Å². The predicted octanol–water partition coefficient (Wildman–Crippen LogP) is 1.22. The van der Waals surface area contributed by atoms with Gasteiger partial charge in [-0.1, -0.05) is 12.8 Å². The zero-order valence-electron chi connectivity index (χ0n) is 12.3.